The molecular formula is C22H19ClN2O4S. The summed E-state index contributed by atoms with van der Waals surface area (Å²) < 4.78 is 6.30. The van der Waals surface area contributed by atoms with Gasteiger partial charge in [0.1, 0.15) is 10.4 Å². The number of H-pyrrole nitrogens is 1. The number of carboxylic acid groups (broad SMARTS) is 1. The quantitative estimate of drug-likeness (QED) is 0.383. The van der Waals surface area contributed by atoms with Crippen LogP contribution in [0, 0.1) is 0 Å². The van der Waals surface area contributed by atoms with E-state index in [1.54, 1.807) is 7.11 Å². The lowest BCUT2D eigenvalue weighted by Gasteiger charge is -2.17. The summed E-state index contributed by atoms with van der Waals surface area (Å²) in [5, 5.41) is 15.4. The molecule has 0 radical (unpaired) electrons. The number of carbonyl (C=O) groups is 1. The van der Waals surface area contributed by atoms with Crippen LogP contribution in [-0.4, -0.2) is 29.8 Å². The first-order chi connectivity index (χ1) is 14.4. The minimum absolute atomic E-state index is 0.0861. The molecule has 0 saturated heterocycles. The number of rotatable bonds is 5. The first-order valence-corrected chi connectivity index (χ1v) is 10.5. The summed E-state index contributed by atoms with van der Waals surface area (Å²) in [6, 6.07) is 11.3. The van der Waals surface area contributed by atoms with Crippen molar-refractivity contribution in [3.63, 3.8) is 0 Å². The second kappa shape index (κ2) is 8.01. The third-order valence-electron chi connectivity index (χ3n) is 5.16. The highest BCUT2D eigenvalue weighted by Crippen LogP contribution is 2.41. The highest BCUT2D eigenvalue weighted by Gasteiger charge is 2.18. The molecule has 2 aromatic carbocycles. The van der Waals surface area contributed by atoms with Crippen LogP contribution in [0.5, 0.6) is 5.75 Å². The fourth-order valence-corrected chi connectivity index (χ4v) is 4.88. The number of amides is 1. The monoisotopic (exact) mass is 442 g/mol. The second-order valence-electron chi connectivity index (χ2n) is 7.01. The van der Waals surface area contributed by atoms with Crippen LogP contribution in [-0.2, 0) is 0 Å². The van der Waals surface area contributed by atoms with E-state index in [4.69, 9.17) is 21.4 Å². The predicted molar refractivity (Wildman–Crippen MR) is 121 cm³/mol. The van der Waals surface area contributed by atoms with Gasteiger partial charge in [-0.1, -0.05) is 30.7 Å². The number of hydrogen-bond donors (Lipinski definition) is 3. The zero-order valence-electron chi connectivity index (χ0n) is 16.3. The Bertz CT molecular complexity index is 1330. The van der Waals surface area contributed by atoms with Gasteiger partial charge < -0.3 is 20.1 Å². The Balaban J connectivity index is 1.91. The standard InChI is InChI=1S/C22H19ClN2O4S/c1-11(10-24-22(27)28)13-4-3-12(9-15(13)23)18-17(29-2)6-5-16-19(18)14-7-8-30-20(14)21(26)25-16/h3-9,11,24H,10H2,1-2H3,(H,25,26)(H,27,28). The van der Waals surface area contributed by atoms with Crippen molar-refractivity contribution in [3.8, 4) is 16.9 Å². The number of halogens is 1. The zero-order valence-corrected chi connectivity index (χ0v) is 17.9. The van der Waals surface area contributed by atoms with Crippen LogP contribution in [0.1, 0.15) is 18.4 Å². The average Bonchev–Trinajstić information content (AvgIpc) is 3.22. The molecule has 0 aliphatic rings. The lowest BCUT2D eigenvalue weighted by atomic mass is 9.94. The molecule has 8 heteroatoms. The van der Waals surface area contributed by atoms with E-state index in [1.807, 2.05) is 48.7 Å². The van der Waals surface area contributed by atoms with E-state index in [2.05, 4.69) is 10.3 Å². The van der Waals surface area contributed by atoms with Gasteiger partial charge >= 0.3 is 6.09 Å². The summed E-state index contributed by atoms with van der Waals surface area (Å²) in [4.78, 5) is 26.1. The third-order valence-corrected chi connectivity index (χ3v) is 6.40. The number of ether oxygens (including phenoxy) is 1. The SMILES string of the molecule is COc1ccc2[nH]c(=O)c3sccc3c2c1-c1ccc(C(C)CNC(=O)O)c(Cl)c1. The van der Waals surface area contributed by atoms with E-state index in [9.17, 15) is 9.59 Å². The highest BCUT2D eigenvalue weighted by molar-refractivity contribution is 7.17. The summed E-state index contributed by atoms with van der Waals surface area (Å²) in [6.07, 6.45) is -1.07. The fourth-order valence-electron chi connectivity index (χ4n) is 3.72. The van der Waals surface area contributed by atoms with Crippen LogP contribution < -0.4 is 15.6 Å². The molecule has 4 rings (SSSR count). The maximum absolute atomic E-state index is 12.4. The van der Waals surface area contributed by atoms with Crippen LogP contribution in [0.15, 0.2) is 46.6 Å². The van der Waals surface area contributed by atoms with Gasteiger partial charge in [-0.25, -0.2) is 4.79 Å². The molecule has 1 amide bonds. The van der Waals surface area contributed by atoms with Crippen molar-refractivity contribution in [1.82, 2.24) is 10.3 Å². The number of benzene rings is 2. The normalized spacial score (nSPS) is 12.2. The second-order valence-corrected chi connectivity index (χ2v) is 8.33. The Kier molecular flexibility index (Phi) is 5.40. The van der Waals surface area contributed by atoms with E-state index >= 15 is 0 Å². The van der Waals surface area contributed by atoms with E-state index < -0.39 is 6.09 Å². The minimum Gasteiger partial charge on any atom is -0.496 e. The van der Waals surface area contributed by atoms with Gasteiger partial charge in [0.05, 0.1) is 7.11 Å². The van der Waals surface area contributed by atoms with Crippen LogP contribution in [0.2, 0.25) is 5.02 Å². The van der Waals surface area contributed by atoms with Crippen molar-refractivity contribution in [3.05, 3.63) is 62.7 Å². The van der Waals surface area contributed by atoms with Crippen molar-refractivity contribution >= 4 is 50.0 Å². The van der Waals surface area contributed by atoms with Gasteiger partial charge in [-0.2, -0.15) is 0 Å². The van der Waals surface area contributed by atoms with Gasteiger partial charge in [0.15, 0.2) is 0 Å². The average molecular weight is 443 g/mol. The molecular weight excluding hydrogens is 424 g/mol. The molecule has 4 aromatic rings. The van der Waals surface area contributed by atoms with E-state index in [1.165, 1.54) is 11.3 Å². The molecule has 6 nitrogen and oxygen atoms in total. The maximum Gasteiger partial charge on any atom is 0.404 e. The Labute approximate surface area is 181 Å². The summed E-state index contributed by atoms with van der Waals surface area (Å²) in [7, 11) is 1.61. The van der Waals surface area contributed by atoms with E-state index in [0.717, 1.165) is 33.0 Å². The molecule has 3 N–H and O–H groups in total. The fraction of sp³-hybridized carbons (Fsp3) is 0.182. The molecule has 154 valence electrons. The van der Waals surface area contributed by atoms with Gasteiger partial charge in [-0.15, -0.1) is 11.3 Å². The van der Waals surface area contributed by atoms with Gasteiger partial charge in [-0.05, 0) is 40.8 Å². The minimum atomic E-state index is -1.07. The van der Waals surface area contributed by atoms with Crippen LogP contribution >= 0.6 is 22.9 Å². The summed E-state index contributed by atoms with van der Waals surface area (Å²) in [5.41, 5.74) is 3.16. The van der Waals surface area contributed by atoms with Gasteiger partial charge in [0, 0.05) is 39.3 Å². The van der Waals surface area contributed by atoms with Crippen LogP contribution in [0.4, 0.5) is 4.79 Å². The molecule has 0 bridgehead atoms. The number of pyridine rings is 1. The van der Waals surface area contributed by atoms with Gasteiger partial charge in [0.25, 0.3) is 5.56 Å². The molecule has 2 heterocycles. The Morgan fingerprint density at radius 2 is 2.10 bits per heavy atom. The molecule has 0 aliphatic heterocycles. The lowest BCUT2D eigenvalue weighted by Crippen LogP contribution is -2.25. The summed E-state index contributed by atoms with van der Waals surface area (Å²) in [5.74, 6) is 0.587. The number of aromatic amines is 1. The number of thiophene rings is 1. The molecule has 0 fully saturated rings. The molecule has 0 aliphatic carbocycles. The van der Waals surface area contributed by atoms with E-state index in [0.29, 0.717) is 15.5 Å². The van der Waals surface area contributed by atoms with Crippen molar-refractivity contribution < 1.29 is 14.6 Å². The Morgan fingerprint density at radius 1 is 1.30 bits per heavy atom. The third kappa shape index (κ3) is 3.51. The maximum atomic E-state index is 12.4. The summed E-state index contributed by atoms with van der Waals surface area (Å²) >= 11 is 7.98. The highest BCUT2D eigenvalue weighted by atomic mass is 35.5. The van der Waals surface area contributed by atoms with Crippen molar-refractivity contribution in [1.29, 1.82) is 0 Å². The number of fused-ring (bicyclic) bond motifs is 3. The molecule has 30 heavy (non-hydrogen) atoms. The van der Waals surface area contributed by atoms with Crippen molar-refractivity contribution in [2.45, 2.75) is 12.8 Å². The number of aromatic nitrogens is 1. The van der Waals surface area contributed by atoms with Gasteiger partial charge in [0.2, 0.25) is 0 Å². The lowest BCUT2D eigenvalue weighted by molar-refractivity contribution is 0.194. The van der Waals surface area contributed by atoms with Crippen molar-refractivity contribution in [2.24, 2.45) is 0 Å². The molecule has 2 aromatic heterocycles. The Hall–Kier alpha value is -3.03. The molecule has 0 saturated carbocycles. The van der Waals surface area contributed by atoms with Crippen molar-refractivity contribution in [2.75, 3.05) is 13.7 Å². The first kappa shape index (κ1) is 20.3. The molecule has 1 atom stereocenters. The zero-order chi connectivity index (χ0) is 21.4. The number of hydrogen-bond acceptors (Lipinski definition) is 4. The smallest absolute Gasteiger partial charge is 0.404 e. The topological polar surface area (TPSA) is 91.4 Å². The van der Waals surface area contributed by atoms with Crippen LogP contribution in [0.25, 0.3) is 32.1 Å². The van der Waals surface area contributed by atoms with E-state index in [-0.39, 0.29) is 18.0 Å². The van der Waals surface area contributed by atoms with Crippen LogP contribution in [0.3, 0.4) is 0 Å². The summed E-state index contributed by atoms with van der Waals surface area (Å²) in [6.45, 7) is 2.18. The Morgan fingerprint density at radius 3 is 2.80 bits per heavy atom. The van der Waals surface area contributed by atoms with Gasteiger partial charge in [-0.3, -0.25) is 4.79 Å². The number of nitrogens with one attached hydrogen (secondary N) is 2. The number of methoxy groups -OCH3 is 1. The molecule has 0 spiro atoms. The molecule has 1 unspecified atom stereocenters. The largest absolute Gasteiger partial charge is 0.496 e. The first-order valence-electron chi connectivity index (χ1n) is 9.27. The predicted octanol–water partition coefficient (Wildman–Crippen LogP) is 5.44.